The predicted octanol–water partition coefficient (Wildman–Crippen LogP) is 5.92. The number of aromatic nitrogens is 2. The third-order valence-corrected chi connectivity index (χ3v) is 5.84. The van der Waals surface area contributed by atoms with Crippen molar-refractivity contribution in [2.24, 2.45) is 0 Å². The largest absolute Gasteiger partial charge is 0.439 e. The molecule has 1 unspecified atom stereocenters. The lowest BCUT2D eigenvalue weighted by Gasteiger charge is -2.30. The summed E-state index contributed by atoms with van der Waals surface area (Å²) in [6.45, 7) is 15.9. The number of ether oxygens (including phenoxy) is 2. The molecule has 3 rings (SSSR count). The van der Waals surface area contributed by atoms with Gasteiger partial charge in [-0.25, -0.2) is 4.68 Å². The van der Waals surface area contributed by atoms with E-state index < -0.39 is 6.10 Å². The number of hydrogen-bond donors (Lipinski definition) is 1. The van der Waals surface area contributed by atoms with Gasteiger partial charge in [-0.15, -0.1) is 0 Å². The summed E-state index contributed by atoms with van der Waals surface area (Å²) in [7, 11) is 0. The molecule has 0 aliphatic heterocycles. The van der Waals surface area contributed by atoms with Crippen LogP contribution in [0.25, 0.3) is 5.69 Å². The minimum Gasteiger partial charge on any atom is -0.439 e. The highest BCUT2D eigenvalue weighted by atomic mass is 16.5. The van der Waals surface area contributed by atoms with Gasteiger partial charge < -0.3 is 14.6 Å². The van der Waals surface area contributed by atoms with Crippen molar-refractivity contribution in [2.75, 3.05) is 13.2 Å². The fraction of sp³-hybridized carbons (Fsp3) is 0.483. The van der Waals surface area contributed by atoms with Gasteiger partial charge in [0, 0.05) is 19.1 Å². The van der Waals surface area contributed by atoms with E-state index in [9.17, 15) is 5.11 Å². The Balaban J connectivity index is 1.96. The van der Waals surface area contributed by atoms with Gasteiger partial charge in [-0.3, -0.25) is 4.90 Å². The molecule has 1 aromatic heterocycles. The van der Waals surface area contributed by atoms with Crippen molar-refractivity contribution < 1.29 is 14.6 Å². The van der Waals surface area contributed by atoms with E-state index in [1.165, 1.54) is 5.56 Å². The highest BCUT2D eigenvalue weighted by Gasteiger charge is 2.25. The normalized spacial score (nSPS) is 13.0. The Morgan fingerprint density at radius 1 is 1.03 bits per heavy atom. The number of benzene rings is 2. The maximum atomic E-state index is 10.7. The van der Waals surface area contributed by atoms with Crippen LogP contribution in [0.4, 0.5) is 0 Å². The monoisotopic (exact) mass is 479 g/mol. The Morgan fingerprint density at radius 3 is 2.26 bits per heavy atom. The van der Waals surface area contributed by atoms with Crippen LogP contribution in [0.1, 0.15) is 58.4 Å². The van der Waals surface area contributed by atoms with Crippen LogP contribution in [-0.2, 0) is 17.7 Å². The SMILES string of the molecule is CCc1nn(-c2ccccc2)c(Oc2ccc(C)cc2)c1CN(CC(O)COC(C)(C)C)C(C)C. The topological polar surface area (TPSA) is 59.8 Å². The second-order valence-corrected chi connectivity index (χ2v) is 10.3. The molecule has 1 heterocycles. The van der Waals surface area contributed by atoms with Gasteiger partial charge in [0.2, 0.25) is 5.88 Å². The van der Waals surface area contributed by atoms with Gasteiger partial charge in [0.05, 0.1) is 35.3 Å². The lowest BCUT2D eigenvalue weighted by atomic mass is 10.1. The van der Waals surface area contributed by atoms with Crippen molar-refractivity contribution in [1.29, 1.82) is 0 Å². The van der Waals surface area contributed by atoms with E-state index in [2.05, 4.69) is 32.6 Å². The molecule has 0 aliphatic carbocycles. The summed E-state index contributed by atoms with van der Waals surface area (Å²) in [5.41, 5.74) is 3.87. The van der Waals surface area contributed by atoms with Gasteiger partial charge in [0.25, 0.3) is 0 Å². The van der Waals surface area contributed by atoms with Crippen molar-refractivity contribution in [3.05, 3.63) is 71.4 Å². The number of rotatable bonds is 11. The Hall–Kier alpha value is -2.67. The number of hydrogen-bond acceptors (Lipinski definition) is 5. The van der Waals surface area contributed by atoms with Crippen LogP contribution >= 0.6 is 0 Å². The zero-order valence-corrected chi connectivity index (χ0v) is 22.3. The van der Waals surface area contributed by atoms with Crippen LogP contribution in [0, 0.1) is 6.92 Å². The first-order valence-corrected chi connectivity index (χ1v) is 12.5. The van der Waals surface area contributed by atoms with Crippen molar-refractivity contribution in [1.82, 2.24) is 14.7 Å². The Bertz CT molecular complexity index is 1050. The molecule has 6 heteroatoms. The Morgan fingerprint density at radius 2 is 1.69 bits per heavy atom. The summed E-state index contributed by atoms with van der Waals surface area (Å²) >= 11 is 0. The lowest BCUT2D eigenvalue weighted by molar-refractivity contribution is -0.0587. The molecule has 0 radical (unpaired) electrons. The van der Waals surface area contributed by atoms with E-state index in [-0.39, 0.29) is 11.6 Å². The zero-order valence-electron chi connectivity index (χ0n) is 22.3. The first-order valence-electron chi connectivity index (χ1n) is 12.5. The van der Waals surface area contributed by atoms with E-state index in [1.807, 2.05) is 80.1 Å². The number of aliphatic hydroxyl groups is 1. The van der Waals surface area contributed by atoms with Crippen LogP contribution in [-0.4, -0.2) is 50.7 Å². The van der Waals surface area contributed by atoms with E-state index in [0.717, 1.165) is 29.1 Å². The quantitative estimate of drug-likeness (QED) is 0.370. The molecule has 0 spiro atoms. The molecule has 0 amide bonds. The lowest BCUT2D eigenvalue weighted by Crippen LogP contribution is -2.40. The van der Waals surface area contributed by atoms with E-state index >= 15 is 0 Å². The average Bonchev–Trinajstić information content (AvgIpc) is 3.15. The summed E-state index contributed by atoms with van der Waals surface area (Å²) in [5.74, 6) is 1.48. The first-order chi connectivity index (χ1) is 16.6. The minimum atomic E-state index is -0.590. The molecule has 0 bridgehead atoms. The molecule has 0 aliphatic rings. The van der Waals surface area contributed by atoms with E-state index in [0.29, 0.717) is 25.6 Å². The molecule has 3 aromatic rings. The molecule has 6 nitrogen and oxygen atoms in total. The second kappa shape index (κ2) is 11.8. The van der Waals surface area contributed by atoms with Crippen molar-refractivity contribution in [3.8, 4) is 17.3 Å². The zero-order chi connectivity index (χ0) is 25.6. The van der Waals surface area contributed by atoms with Crippen LogP contribution in [0.5, 0.6) is 11.6 Å². The van der Waals surface area contributed by atoms with E-state index in [4.69, 9.17) is 14.6 Å². The van der Waals surface area contributed by atoms with Crippen LogP contribution in [0.15, 0.2) is 54.6 Å². The summed E-state index contributed by atoms with van der Waals surface area (Å²) in [6, 6.07) is 18.4. The Kier molecular flexibility index (Phi) is 9.11. The molecule has 35 heavy (non-hydrogen) atoms. The fourth-order valence-corrected chi connectivity index (χ4v) is 3.82. The summed E-state index contributed by atoms with van der Waals surface area (Å²) in [4.78, 5) is 2.25. The Labute approximate surface area is 210 Å². The molecule has 0 saturated carbocycles. The average molecular weight is 480 g/mol. The molecule has 2 aromatic carbocycles. The van der Waals surface area contributed by atoms with Gasteiger partial charge in [-0.2, -0.15) is 5.10 Å². The number of nitrogens with zero attached hydrogens (tertiary/aromatic N) is 3. The molecular weight excluding hydrogens is 438 g/mol. The molecule has 0 fully saturated rings. The van der Waals surface area contributed by atoms with Gasteiger partial charge in [-0.1, -0.05) is 42.8 Å². The van der Waals surface area contributed by atoms with Gasteiger partial charge in [-0.05, 0) is 72.2 Å². The van der Waals surface area contributed by atoms with Crippen LogP contribution in [0.2, 0.25) is 0 Å². The minimum absolute atomic E-state index is 0.219. The standard InChI is InChI=1S/C29H41N3O3/c1-8-27-26(19-31(21(2)3)18-24(33)20-34-29(5,6)7)28(35-25-16-14-22(4)15-17-25)32(30-27)23-12-10-9-11-13-23/h9-17,21,24,33H,8,18-20H2,1-7H3. The first kappa shape index (κ1) is 26.9. The molecule has 0 saturated heterocycles. The van der Waals surface area contributed by atoms with Gasteiger partial charge in [0.1, 0.15) is 5.75 Å². The number of para-hydroxylation sites is 1. The fourth-order valence-electron chi connectivity index (χ4n) is 3.82. The predicted molar refractivity (Wildman–Crippen MR) is 141 cm³/mol. The van der Waals surface area contributed by atoms with Gasteiger partial charge >= 0.3 is 0 Å². The molecule has 190 valence electrons. The molecule has 1 atom stereocenters. The maximum absolute atomic E-state index is 10.7. The summed E-state index contributed by atoms with van der Waals surface area (Å²) in [6.07, 6.45) is 0.188. The van der Waals surface area contributed by atoms with Crippen LogP contribution < -0.4 is 4.74 Å². The van der Waals surface area contributed by atoms with E-state index in [1.54, 1.807) is 0 Å². The third kappa shape index (κ3) is 7.66. The van der Waals surface area contributed by atoms with Crippen molar-refractivity contribution >= 4 is 0 Å². The number of aryl methyl sites for hydroxylation is 2. The molecular formula is C29H41N3O3. The molecule has 1 N–H and O–H groups in total. The smallest absolute Gasteiger partial charge is 0.227 e. The highest BCUT2D eigenvalue weighted by molar-refractivity contribution is 5.44. The third-order valence-electron chi connectivity index (χ3n) is 5.84. The van der Waals surface area contributed by atoms with Crippen molar-refractivity contribution in [3.63, 3.8) is 0 Å². The highest BCUT2D eigenvalue weighted by Crippen LogP contribution is 2.32. The number of aliphatic hydroxyl groups excluding tert-OH is 1. The van der Waals surface area contributed by atoms with Gasteiger partial charge in [0.15, 0.2) is 0 Å². The van der Waals surface area contributed by atoms with Crippen LogP contribution in [0.3, 0.4) is 0 Å². The summed E-state index contributed by atoms with van der Waals surface area (Å²) in [5, 5.41) is 15.7. The second-order valence-electron chi connectivity index (χ2n) is 10.3. The van der Waals surface area contributed by atoms with Crippen molar-refractivity contribution in [2.45, 2.75) is 79.2 Å². The summed E-state index contributed by atoms with van der Waals surface area (Å²) < 4.78 is 14.2. The maximum Gasteiger partial charge on any atom is 0.227 e.